The lowest BCUT2D eigenvalue weighted by molar-refractivity contribution is 0.0751. The van der Waals surface area contributed by atoms with E-state index in [-0.39, 0.29) is 5.91 Å². The van der Waals surface area contributed by atoms with Gasteiger partial charge in [-0.3, -0.25) is 4.79 Å². The first-order valence-corrected chi connectivity index (χ1v) is 6.62. The van der Waals surface area contributed by atoms with Crippen LogP contribution in [0.25, 0.3) is 0 Å². The van der Waals surface area contributed by atoms with Gasteiger partial charge in [-0.25, -0.2) is 0 Å². The average Bonchev–Trinajstić information content (AvgIpc) is 3.10. The zero-order chi connectivity index (χ0) is 13.1. The second-order valence-electron chi connectivity index (χ2n) is 4.84. The fourth-order valence-corrected chi connectivity index (χ4v) is 2.38. The van der Waals surface area contributed by atoms with Crippen LogP contribution in [0.2, 0.25) is 0 Å². The summed E-state index contributed by atoms with van der Waals surface area (Å²) in [6.45, 7) is 1.65. The van der Waals surface area contributed by atoms with Gasteiger partial charge in [-0.15, -0.1) is 0 Å². The fraction of sp³-hybridized carbons (Fsp3) is 0.333. The van der Waals surface area contributed by atoms with E-state index in [1.54, 1.807) is 6.07 Å². The number of carbonyl (C=O) groups excluding carboxylic acids is 1. The Labute approximate surface area is 112 Å². The zero-order valence-corrected chi connectivity index (χ0v) is 10.7. The monoisotopic (exact) mass is 256 g/mol. The first kappa shape index (κ1) is 12.0. The Morgan fingerprint density at radius 1 is 1.21 bits per heavy atom. The number of aromatic nitrogens is 1. The standard InChI is InChI=1S/C15H16N2O2/c18-15(17-8-4-5-9-17)14-11-13(16-19-14)10-12-6-2-1-3-7-12/h1-3,6-7,11H,4-5,8-10H2. The van der Waals surface area contributed by atoms with Gasteiger partial charge in [0.1, 0.15) is 0 Å². The molecule has 0 radical (unpaired) electrons. The minimum absolute atomic E-state index is 0.0377. The predicted octanol–water partition coefficient (Wildman–Crippen LogP) is 2.50. The van der Waals surface area contributed by atoms with Crippen LogP contribution in [0, 0.1) is 0 Å². The lowest BCUT2D eigenvalue weighted by atomic mass is 10.1. The van der Waals surface area contributed by atoms with Gasteiger partial charge in [-0.1, -0.05) is 35.5 Å². The third kappa shape index (κ3) is 2.67. The molecule has 4 heteroatoms. The summed E-state index contributed by atoms with van der Waals surface area (Å²) in [4.78, 5) is 13.9. The first-order chi connectivity index (χ1) is 9.33. The summed E-state index contributed by atoms with van der Waals surface area (Å²) in [5, 5.41) is 3.98. The van der Waals surface area contributed by atoms with Crippen molar-refractivity contribution in [2.45, 2.75) is 19.3 Å². The van der Waals surface area contributed by atoms with E-state index in [1.165, 1.54) is 0 Å². The summed E-state index contributed by atoms with van der Waals surface area (Å²) < 4.78 is 5.17. The van der Waals surface area contributed by atoms with E-state index >= 15 is 0 Å². The lowest BCUT2D eigenvalue weighted by Crippen LogP contribution is -2.27. The van der Waals surface area contributed by atoms with E-state index < -0.39 is 0 Å². The maximum atomic E-state index is 12.1. The van der Waals surface area contributed by atoms with Crippen molar-refractivity contribution in [1.29, 1.82) is 0 Å². The van der Waals surface area contributed by atoms with Gasteiger partial charge in [0.05, 0.1) is 5.69 Å². The summed E-state index contributed by atoms with van der Waals surface area (Å²) in [6, 6.07) is 11.8. The van der Waals surface area contributed by atoms with Crippen molar-refractivity contribution in [1.82, 2.24) is 10.1 Å². The van der Waals surface area contributed by atoms with Crippen molar-refractivity contribution in [2.24, 2.45) is 0 Å². The van der Waals surface area contributed by atoms with Crippen LogP contribution in [0.4, 0.5) is 0 Å². The number of hydrogen-bond donors (Lipinski definition) is 0. The molecule has 98 valence electrons. The molecular weight excluding hydrogens is 240 g/mol. The molecule has 0 aliphatic carbocycles. The second-order valence-corrected chi connectivity index (χ2v) is 4.84. The SMILES string of the molecule is O=C(c1cc(Cc2ccccc2)no1)N1CCCC1. The van der Waals surface area contributed by atoms with Crippen molar-refractivity contribution >= 4 is 5.91 Å². The maximum Gasteiger partial charge on any atom is 0.292 e. The maximum absolute atomic E-state index is 12.1. The first-order valence-electron chi connectivity index (χ1n) is 6.62. The molecule has 2 heterocycles. The fourth-order valence-electron chi connectivity index (χ4n) is 2.38. The predicted molar refractivity (Wildman–Crippen MR) is 70.9 cm³/mol. The molecule has 1 aromatic carbocycles. The van der Waals surface area contributed by atoms with Gasteiger partial charge in [-0.2, -0.15) is 0 Å². The van der Waals surface area contributed by atoms with Crippen LogP contribution in [-0.4, -0.2) is 29.1 Å². The number of amides is 1. The zero-order valence-electron chi connectivity index (χ0n) is 10.7. The quantitative estimate of drug-likeness (QED) is 0.847. The molecule has 0 bridgehead atoms. The molecule has 1 saturated heterocycles. The number of benzene rings is 1. The molecule has 0 atom stereocenters. The minimum Gasteiger partial charge on any atom is -0.351 e. The van der Waals surface area contributed by atoms with Gasteiger partial charge in [0.2, 0.25) is 5.76 Å². The van der Waals surface area contributed by atoms with E-state index in [2.05, 4.69) is 5.16 Å². The van der Waals surface area contributed by atoms with E-state index in [0.717, 1.165) is 37.2 Å². The Morgan fingerprint density at radius 3 is 2.68 bits per heavy atom. The molecule has 2 aromatic rings. The average molecular weight is 256 g/mol. The Hall–Kier alpha value is -2.10. The Balaban J connectivity index is 1.71. The summed E-state index contributed by atoms with van der Waals surface area (Å²) in [5.41, 5.74) is 1.96. The Kier molecular flexibility index (Phi) is 3.31. The van der Waals surface area contributed by atoms with Gasteiger partial charge in [0.15, 0.2) is 0 Å². The Morgan fingerprint density at radius 2 is 1.95 bits per heavy atom. The summed E-state index contributed by atoms with van der Waals surface area (Å²) in [5.74, 6) is 0.317. The van der Waals surface area contributed by atoms with Crippen molar-refractivity contribution in [3.05, 3.63) is 53.4 Å². The van der Waals surface area contributed by atoms with Crippen LogP contribution in [0.3, 0.4) is 0 Å². The molecule has 19 heavy (non-hydrogen) atoms. The highest BCUT2D eigenvalue weighted by atomic mass is 16.5. The normalized spacial score (nSPS) is 14.8. The highest BCUT2D eigenvalue weighted by Gasteiger charge is 2.23. The number of nitrogens with zero attached hydrogens (tertiary/aromatic N) is 2. The van der Waals surface area contributed by atoms with Crippen LogP contribution < -0.4 is 0 Å². The van der Waals surface area contributed by atoms with E-state index in [9.17, 15) is 4.79 Å². The van der Waals surface area contributed by atoms with Gasteiger partial charge in [0.25, 0.3) is 5.91 Å². The molecule has 1 aliphatic rings. The number of hydrogen-bond acceptors (Lipinski definition) is 3. The van der Waals surface area contributed by atoms with Crippen LogP contribution in [0.1, 0.15) is 34.7 Å². The van der Waals surface area contributed by atoms with E-state index in [1.807, 2.05) is 35.2 Å². The molecule has 1 aliphatic heterocycles. The molecule has 0 N–H and O–H groups in total. The minimum atomic E-state index is -0.0377. The molecule has 0 spiro atoms. The molecule has 1 amide bonds. The van der Waals surface area contributed by atoms with Gasteiger partial charge in [-0.05, 0) is 18.4 Å². The van der Waals surface area contributed by atoms with Crippen LogP contribution in [0.15, 0.2) is 40.9 Å². The molecule has 1 aromatic heterocycles. The summed E-state index contributed by atoms with van der Waals surface area (Å²) in [6.07, 6.45) is 2.85. The van der Waals surface area contributed by atoms with Gasteiger partial charge in [0, 0.05) is 25.6 Å². The van der Waals surface area contributed by atoms with Crippen LogP contribution in [-0.2, 0) is 6.42 Å². The molecule has 3 rings (SSSR count). The third-order valence-electron chi connectivity index (χ3n) is 3.39. The van der Waals surface area contributed by atoms with Crippen molar-refractivity contribution < 1.29 is 9.32 Å². The topological polar surface area (TPSA) is 46.3 Å². The van der Waals surface area contributed by atoms with E-state index in [4.69, 9.17) is 4.52 Å². The molecule has 0 saturated carbocycles. The van der Waals surface area contributed by atoms with Gasteiger partial charge >= 0.3 is 0 Å². The highest BCUT2D eigenvalue weighted by Crippen LogP contribution is 2.15. The van der Waals surface area contributed by atoms with Crippen LogP contribution in [0.5, 0.6) is 0 Å². The largest absolute Gasteiger partial charge is 0.351 e. The van der Waals surface area contributed by atoms with Crippen LogP contribution >= 0.6 is 0 Å². The highest BCUT2D eigenvalue weighted by molar-refractivity contribution is 5.91. The molecule has 1 fully saturated rings. The van der Waals surface area contributed by atoms with Crippen molar-refractivity contribution in [2.75, 3.05) is 13.1 Å². The molecular formula is C15H16N2O2. The van der Waals surface area contributed by atoms with E-state index in [0.29, 0.717) is 12.2 Å². The third-order valence-corrected chi connectivity index (χ3v) is 3.39. The molecule has 0 unspecified atom stereocenters. The van der Waals surface area contributed by atoms with Crippen molar-refractivity contribution in [3.8, 4) is 0 Å². The van der Waals surface area contributed by atoms with Crippen molar-refractivity contribution in [3.63, 3.8) is 0 Å². The molecule has 4 nitrogen and oxygen atoms in total. The lowest BCUT2D eigenvalue weighted by Gasteiger charge is -2.11. The smallest absolute Gasteiger partial charge is 0.292 e. The summed E-state index contributed by atoms with van der Waals surface area (Å²) >= 11 is 0. The number of likely N-dealkylation sites (tertiary alicyclic amines) is 1. The Bertz CT molecular complexity index is 557. The second kappa shape index (κ2) is 5.26. The number of rotatable bonds is 3. The summed E-state index contributed by atoms with van der Waals surface area (Å²) in [7, 11) is 0. The number of carbonyl (C=O) groups is 1. The van der Waals surface area contributed by atoms with Gasteiger partial charge < -0.3 is 9.42 Å².